The van der Waals surface area contributed by atoms with Crippen molar-refractivity contribution in [3.8, 4) is 0 Å². The maximum atomic E-state index is 11.9. The van der Waals surface area contributed by atoms with Crippen LogP contribution in [0.25, 0.3) is 0 Å². The summed E-state index contributed by atoms with van der Waals surface area (Å²) in [6.07, 6.45) is 0.940. The first-order valence-electron chi connectivity index (χ1n) is 6.18. The smallest absolute Gasteiger partial charge is 0.310 e. The zero-order chi connectivity index (χ0) is 14.5. The number of aliphatic carboxylic acids is 1. The minimum absolute atomic E-state index is 0.0296. The zero-order valence-electron chi connectivity index (χ0n) is 11.0. The minimum Gasteiger partial charge on any atom is -0.481 e. The number of carboxylic acids is 1. The number of carbonyl (C=O) groups is 2. The van der Waals surface area contributed by atoms with Gasteiger partial charge in [-0.05, 0) is 40.9 Å². The fourth-order valence-corrected chi connectivity index (χ4v) is 3.30. The number of carboxylic acid groups (broad SMARTS) is 1. The number of nitrogens with one attached hydrogen (secondary N) is 1. The lowest BCUT2D eigenvalue weighted by molar-refractivity contribution is -0.152. The number of thiophene rings is 1. The van der Waals surface area contributed by atoms with E-state index in [1.807, 2.05) is 12.1 Å². The van der Waals surface area contributed by atoms with Gasteiger partial charge in [0.15, 0.2) is 0 Å². The average Bonchev–Trinajstić information content (AvgIpc) is 2.79. The predicted molar refractivity (Wildman–Crippen MR) is 79.1 cm³/mol. The van der Waals surface area contributed by atoms with Crippen LogP contribution in [-0.2, 0) is 16.1 Å². The highest BCUT2D eigenvalue weighted by Crippen LogP contribution is 2.31. The van der Waals surface area contributed by atoms with Crippen LogP contribution in [0.1, 0.15) is 38.0 Å². The van der Waals surface area contributed by atoms with Gasteiger partial charge in [-0.15, -0.1) is 11.3 Å². The maximum Gasteiger partial charge on any atom is 0.310 e. The summed E-state index contributed by atoms with van der Waals surface area (Å²) in [4.78, 5) is 24.2. The quantitative estimate of drug-likeness (QED) is 0.794. The molecule has 0 saturated carbocycles. The maximum absolute atomic E-state index is 11.9. The van der Waals surface area contributed by atoms with E-state index in [0.29, 0.717) is 19.4 Å². The highest BCUT2D eigenvalue weighted by molar-refractivity contribution is 9.11. The van der Waals surface area contributed by atoms with Gasteiger partial charge in [0, 0.05) is 11.3 Å². The topological polar surface area (TPSA) is 66.4 Å². The second kappa shape index (κ2) is 7.05. The first-order valence-corrected chi connectivity index (χ1v) is 7.78. The minimum atomic E-state index is -0.944. The number of hydrogen-bond donors (Lipinski definition) is 2. The van der Waals surface area contributed by atoms with Crippen molar-refractivity contribution in [2.75, 3.05) is 0 Å². The lowest BCUT2D eigenvalue weighted by Gasteiger charge is -2.25. The van der Waals surface area contributed by atoms with Crippen LogP contribution in [0.3, 0.4) is 0 Å². The number of amides is 1. The molecule has 0 aliphatic rings. The normalized spacial score (nSPS) is 11.3. The molecule has 106 valence electrons. The second-order valence-electron chi connectivity index (χ2n) is 4.45. The third-order valence-corrected chi connectivity index (χ3v) is 5.02. The van der Waals surface area contributed by atoms with Crippen molar-refractivity contribution in [2.45, 2.75) is 39.7 Å². The van der Waals surface area contributed by atoms with Crippen LogP contribution in [-0.4, -0.2) is 17.0 Å². The van der Waals surface area contributed by atoms with Crippen molar-refractivity contribution in [1.82, 2.24) is 5.32 Å². The van der Waals surface area contributed by atoms with E-state index in [9.17, 15) is 14.7 Å². The van der Waals surface area contributed by atoms with Gasteiger partial charge in [0.2, 0.25) is 5.91 Å². The lowest BCUT2D eigenvalue weighted by Crippen LogP contribution is -2.36. The number of rotatable bonds is 7. The standard InChI is InChI=1S/C13H18BrNO3S/c1-3-13(4-2,12(17)18)7-11(16)15-8-9-5-6-10(14)19-9/h5-6H,3-4,7-8H2,1-2H3,(H,15,16)(H,17,18). The predicted octanol–water partition coefficient (Wildman–Crippen LogP) is 3.41. The van der Waals surface area contributed by atoms with Crippen molar-refractivity contribution in [3.63, 3.8) is 0 Å². The molecule has 0 unspecified atom stereocenters. The van der Waals surface area contributed by atoms with Gasteiger partial charge in [0.1, 0.15) is 0 Å². The summed E-state index contributed by atoms with van der Waals surface area (Å²) in [5.74, 6) is -1.11. The highest BCUT2D eigenvalue weighted by atomic mass is 79.9. The van der Waals surface area contributed by atoms with Crippen molar-refractivity contribution in [1.29, 1.82) is 0 Å². The van der Waals surface area contributed by atoms with Crippen LogP contribution >= 0.6 is 27.3 Å². The van der Waals surface area contributed by atoms with E-state index in [4.69, 9.17) is 0 Å². The van der Waals surface area contributed by atoms with Gasteiger partial charge in [-0.1, -0.05) is 13.8 Å². The summed E-state index contributed by atoms with van der Waals surface area (Å²) in [5.41, 5.74) is -0.944. The Kier molecular flexibility index (Phi) is 6.00. The molecule has 19 heavy (non-hydrogen) atoms. The summed E-state index contributed by atoms with van der Waals surface area (Å²) >= 11 is 4.91. The van der Waals surface area contributed by atoms with Gasteiger partial charge in [-0.2, -0.15) is 0 Å². The molecular weight excluding hydrogens is 330 g/mol. The molecule has 0 saturated heterocycles. The molecule has 1 aromatic heterocycles. The summed E-state index contributed by atoms with van der Waals surface area (Å²) in [6.45, 7) is 4.06. The van der Waals surface area contributed by atoms with Gasteiger partial charge < -0.3 is 10.4 Å². The molecule has 0 radical (unpaired) electrons. The Balaban J connectivity index is 2.56. The van der Waals surface area contributed by atoms with Crippen molar-refractivity contribution in [3.05, 3.63) is 20.8 Å². The Hall–Kier alpha value is -0.880. The SMILES string of the molecule is CCC(CC)(CC(=O)NCc1ccc(Br)s1)C(=O)O. The summed E-state index contributed by atoms with van der Waals surface area (Å²) in [5, 5.41) is 12.1. The molecule has 0 aliphatic carbocycles. The van der Waals surface area contributed by atoms with Gasteiger partial charge >= 0.3 is 5.97 Å². The molecule has 1 amide bonds. The van der Waals surface area contributed by atoms with E-state index in [-0.39, 0.29) is 12.3 Å². The van der Waals surface area contributed by atoms with Crippen molar-refractivity contribution >= 4 is 39.1 Å². The molecule has 0 aliphatic heterocycles. The first-order chi connectivity index (χ1) is 8.93. The molecule has 0 atom stereocenters. The van der Waals surface area contributed by atoms with Crippen molar-refractivity contribution < 1.29 is 14.7 Å². The Morgan fingerprint density at radius 1 is 1.37 bits per heavy atom. The van der Waals surface area contributed by atoms with Crippen LogP contribution in [0.15, 0.2) is 15.9 Å². The number of carbonyl (C=O) groups excluding carboxylic acids is 1. The van der Waals surface area contributed by atoms with Crippen LogP contribution in [0.4, 0.5) is 0 Å². The highest BCUT2D eigenvalue weighted by Gasteiger charge is 2.36. The largest absolute Gasteiger partial charge is 0.481 e. The summed E-state index contributed by atoms with van der Waals surface area (Å²) < 4.78 is 1.01. The molecule has 0 spiro atoms. The van der Waals surface area contributed by atoms with Gasteiger partial charge in [-0.25, -0.2) is 0 Å². The first kappa shape index (κ1) is 16.2. The average molecular weight is 348 g/mol. The van der Waals surface area contributed by atoms with E-state index < -0.39 is 11.4 Å². The molecule has 6 heteroatoms. The third-order valence-electron chi connectivity index (χ3n) is 3.39. The molecular formula is C13H18BrNO3S. The second-order valence-corrected chi connectivity index (χ2v) is 7.00. The molecule has 1 heterocycles. The molecule has 0 bridgehead atoms. The molecule has 0 aromatic carbocycles. The van der Waals surface area contributed by atoms with Gasteiger partial charge in [0.05, 0.1) is 15.7 Å². The Bertz CT molecular complexity index is 454. The Labute approximate surface area is 125 Å². The van der Waals surface area contributed by atoms with Gasteiger partial charge in [-0.3, -0.25) is 9.59 Å². The van der Waals surface area contributed by atoms with Crippen LogP contribution in [0.2, 0.25) is 0 Å². The van der Waals surface area contributed by atoms with E-state index in [0.717, 1.165) is 8.66 Å². The number of halogens is 1. The molecule has 2 N–H and O–H groups in total. The molecule has 4 nitrogen and oxygen atoms in total. The van der Waals surface area contributed by atoms with Crippen LogP contribution in [0.5, 0.6) is 0 Å². The molecule has 1 aromatic rings. The van der Waals surface area contributed by atoms with E-state index >= 15 is 0 Å². The van der Waals surface area contributed by atoms with E-state index in [1.54, 1.807) is 25.2 Å². The molecule has 0 fully saturated rings. The van der Waals surface area contributed by atoms with Gasteiger partial charge in [0.25, 0.3) is 0 Å². The Morgan fingerprint density at radius 3 is 2.42 bits per heavy atom. The van der Waals surface area contributed by atoms with Crippen LogP contribution in [0, 0.1) is 5.41 Å². The summed E-state index contributed by atoms with van der Waals surface area (Å²) in [7, 11) is 0. The fourth-order valence-electron chi connectivity index (χ4n) is 1.88. The molecule has 1 rings (SSSR count). The Morgan fingerprint density at radius 2 is 2.00 bits per heavy atom. The lowest BCUT2D eigenvalue weighted by atomic mass is 9.79. The van der Waals surface area contributed by atoms with Crippen LogP contribution < -0.4 is 5.32 Å². The third kappa shape index (κ3) is 4.31. The fraction of sp³-hybridized carbons (Fsp3) is 0.538. The van der Waals surface area contributed by atoms with Crippen molar-refractivity contribution in [2.24, 2.45) is 5.41 Å². The zero-order valence-corrected chi connectivity index (χ0v) is 13.4. The number of hydrogen-bond acceptors (Lipinski definition) is 3. The van der Waals surface area contributed by atoms with E-state index in [2.05, 4.69) is 21.2 Å². The van der Waals surface area contributed by atoms with E-state index in [1.165, 1.54) is 0 Å². The monoisotopic (exact) mass is 347 g/mol. The summed E-state index contributed by atoms with van der Waals surface area (Å²) in [6, 6.07) is 3.85.